The van der Waals surface area contributed by atoms with Crippen molar-refractivity contribution < 1.29 is 14.3 Å². The highest BCUT2D eigenvalue weighted by Crippen LogP contribution is 2.18. The second-order valence-corrected chi connectivity index (χ2v) is 6.74. The predicted octanol–water partition coefficient (Wildman–Crippen LogP) is 3.29. The molecule has 1 unspecified atom stereocenters. The Morgan fingerprint density at radius 1 is 1.14 bits per heavy atom. The average molecular weight is 379 g/mol. The van der Waals surface area contributed by atoms with Gasteiger partial charge in [-0.1, -0.05) is 30.3 Å². The Kier molecular flexibility index (Phi) is 6.42. The van der Waals surface area contributed by atoms with E-state index in [0.717, 1.165) is 22.6 Å². The fraction of sp³-hybridized carbons (Fsp3) is 0.318. The lowest BCUT2D eigenvalue weighted by Crippen LogP contribution is -2.36. The van der Waals surface area contributed by atoms with Crippen LogP contribution < -0.4 is 10.1 Å². The number of hydrogen-bond acceptors (Lipinski definition) is 4. The first-order valence-electron chi connectivity index (χ1n) is 9.43. The second kappa shape index (κ2) is 9.17. The molecular formula is C22H25N3O3. The third-order valence-corrected chi connectivity index (χ3v) is 4.76. The van der Waals surface area contributed by atoms with Crippen LogP contribution in [0.1, 0.15) is 43.4 Å². The average Bonchev–Trinajstić information content (AvgIpc) is 2.74. The Morgan fingerprint density at radius 2 is 1.86 bits per heavy atom. The molecule has 2 aromatic carbocycles. The number of hydrogen-bond donors (Lipinski definition) is 1. The van der Waals surface area contributed by atoms with Crippen molar-refractivity contribution in [1.29, 1.82) is 0 Å². The van der Waals surface area contributed by atoms with E-state index in [-0.39, 0.29) is 30.8 Å². The largest absolute Gasteiger partial charge is 0.497 e. The van der Waals surface area contributed by atoms with Gasteiger partial charge in [0.1, 0.15) is 5.75 Å². The molecular weight excluding hydrogens is 354 g/mol. The molecule has 1 N–H and O–H groups in total. The molecule has 6 nitrogen and oxygen atoms in total. The number of hydrazone groups is 1. The van der Waals surface area contributed by atoms with Crippen LogP contribution in [0, 0.1) is 0 Å². The van der Waals surface area contributed by atoms with Gasteiger partial charge in [-0.3, -0.25) is 9.59 Å². The number of rotatable bonds is 7. The molecule has 0 bridgehead atoms. The van der Waals surface area contributed by atoms with Gasteiger partial charge in [0.25, 0.3) is 0 Å². The van der Waals surface area contributed by atoms with Crippen LogP contribution in [0.3, 0.4) is 0 Å². The number of methoxy groups -OCH3 is 1. The molecule has 1 aliphatic rings. The third-order valence-electron chi connectivity index (χ3n) is 4.76. The van der Waals surface area contributed by atoms with Crippen molar-refractivity contribution in [2.24, 2.45) is 5.10 Å². The molecule has 28 heavy (non-hydrogen) atoms. The molecule has 146 valence electrons. The molecule has 1 heterocycles. The van der Waals surface area contributed by atoms with Crippen LogP contribution in [0.15, 0.2) is 59.7 Å². The first-order valence-corrected chi connectivity index (χ1v) is 9.43. The predicted molar refractivity (Wildman–Crippen MR) is 108 cm³/mol. The number of carbonyl (C=O) groups excluding carboxylic acids is 2. The summed E-state index contributed by atoms with van der Waals surface area (Å²) in [6.45, 7) is 2.21. The zero-order valence-corrected chi connectivity index (χ0v) is 16.2. The molecule has 0 aromatic heterocycles. The van der Waals surface area contributed by atoms with Gasteiger partial charge in [0.15, 0.2) is 0 Å². The van der Waals surface area contributed by atoms with Crippen molar-refractivity contribution in [1.82, 2.24) is 10.3 Å². The van der Waals surface area contributed by atoms with Crippen molar-refractivity contribution in [3.05, 3.63) is 65.7 Å². The zero-order valence-electron chi connectivity index (χ0n) is 16.2. The lowest BCUT2D eigenvalue weighted by molar-refractivity contribution is -0.132. The van der Waals surface area contributed by atoms with Crippen molar-refractivity contribution in [2.45, 2.75) is 32.2 Å². The van der Waals surface area contributed by atoms with Crippen molar-refractivity contribution >= 4 is 17.5 Å². The minimum absolute atomic E-state index is 0.0545. The fourth-order valence-corrected chi connectivity index (χ4v) is 3.11. The quantitative estimate of drug-likeness (QED) is 0.802. The molecule has 1 atom stereocenters. The Bertz CT molecular complexity index is 847. The molecule has 6 heteroatoms. The number of amides is 2. The van der Waals surface area contributed by atoms with Crippen LogP contribution in [-0.4, -0.2) is 36.2 Å². The first kappa shape index (κ1) is 19.6. The standard InChI is InChI=1S/C22H25N3O3/c1-16(17-6-4-3-5-7-17)23-21(26)14-15-25-22(27)13-12-20(24-25)18-8-10-19(28-2)11-9-18/h3-11,16H,12-15H2,1-2H3,(H,23,26). The molecule has 0 aliphatic carbocycles. The molecule has 3 rings (SSSR count). The van der Waals surface area contributed by atoms with Crippen LogP contribution in [0.5, 0.6) is 5.75 Å². The number of nitrogens with one attached hydrogen (secondary N) is 1. The summed E-state index contributed by atoms with van der Waals surface area (Å²) >= 11 is 0. The zero-order chi connectivity index (χ0) is 19.9. The number of ether oxygens (including phenoxy) is 1. The van der Waals surface area contributed by atoms with Crippen molar-refractivity contribution in [2.75, 3.05) is 13.7 Å². The Morgan fingerprint density at radius 3 is 2.54 bits per heavy atom. The van der Waals surface area contributed by atoms with Gasteiger partial charge < -0.3 is 10.1 Å². The van der Waals surface area contributed by atoms with Gasteiger partial charge in [0, 0.05) is 19.3 Å². The summed E-state index contributed by atoms with van der Waals surface area (Å²) in [5.41, 5.74) is 2.85. The van der Waals surface area contributed by atoms with E-state index < -0.39 is 0 Å². The normalized spacial score (nSPS) is 15.0. The first-order chi connectivity index (χ1) is 13.6. The summed E-state index contributed by atoms with van der Waals surface area (Å²) in [4.78, 5) is 24.5. The van der Waals surface area contributed by atoms with E-state index in [2.05, 4.69) is 10.4 Å². The van der Waals surface area contributed by atoms with Crippen molar-refractivity contribution in [3.63, 3.8) is 0 Å². The SMILES string of the molecule is COc1ccc(C2=NN(CCC(=O)NC(C)c3ccccc3)C(=O)CC2)cc1. The van der Waals surface area contributed by atoms with Gasteiger partial charge in [-0.2, -0.15) is 5.10 Å². The van der Waals surface area contributed by atoms with E-state index in [1.54, 1.807) is 7.11 Å². The number of benzene rings is 2. The molecule has 2 aromatic rings. The molecule has 0 fully saturated rings. The minimum Gasteiger partial charge on any atom is -0.497 e. The van der Waals surface area contributed by atoms with Crippen molar-refractivity contribution in [3.8, 4) is 5.75 Å². The lowest BCUT2D eigenvalue weighted by atomic mass is 10.0. The highest BCUT2D eigenvalue weighted by atomic mass is 16.5. The van der Waals surface area contributed by atoms with Crippen LogP contribution >= 0.6 is 0 Å². The minimum atomic E-state index is -0.101. The highest BCUT2D eigenvalue weighted by molar-refractivity contribution is 6.04. The summed E-state index contributed by atoms with van der Waals surface area (Å²) < 4.78 is 5.17. The number of nitrogens with zero attached hydrogens (tertiary/aromatic N) is 2. The Hall–Kier alpha value is -3.15. The maximum atomic E-state index is 12.3. The van der Waals surface area contributed by atoms with Gasteiger partial charge in [-0.15, -0.1) is 0 Å². The maximum Gasteiger partial charge on any atom is 0.243 e. The van der Waals surface area contributed by atoms with E-state index in [4.69, 9.17) is 4.74 Å². The van der Waals surface area contributed by atoms with E-state index >= 15 is 0 Å². The van der Waals surface area contributed by atoms with Crippen LogP contribution in [0.25, 0.3) is 0 Å². The van der Waals surface area contributed by atoms with Gasteiger partial charge in [0.2, 0.25) is 11.8 Å². The summed E-state index contributed by atoms with van der Waals surface area (Å²) in [6, 6.07) is 17.3. The topological polar surface area (TPSA) is 71.0 Å². The lowest BCUT2D eigenvalue weighted by Gasteiger charge is -2.24. The summed E-state index contributed by atoms with van der Waals surface area (Å²) in [5.74, 6) is 0.620. The van der Waals surface area contributed by atoms with E-state index in [1.165, 1.54) is 5.01 Å². The smallest absolute Gasteiger partial charge is 0.243 e. The molecule has 0 spiro atoms. The highest BCUT2D eigenvalue weighted by Gasteiger charge is 2.22. The molecule has 0 radical (unpaired) electrons. The van der Waals surface area contributed by atoms with E-state index in [1.807, 2.05) is 61.5 Å². The second-order valence-electron chi connectivity index (χ2n) is 6.74. The monoisotopic (exact) mass is 379 g/mol. The van der Waals surface area contributed by atoms with Gasteiger partial charge >= 0.3 is 0 Å². The van der Waals surface area contributed by atoms with Crippen LogP contribution in [-0.2, 0) is 9.59 Å². The van der Waals surface area contributed by atoms with E-state index in [0.29, 0.717) is 12.8 Å². The van der Waals surface area contributed by atoms with Crippen LogP contribution in [0.4, 0.5) is 0 Å². The summed E-state index contributed by atoms with van der Waals surface area (Å²) in [7, 11) is 1.62. The van der Waals surface area contributed by atoms with Gasteiger partial charge in [0.05, 0.1) is 25.4 Å². The van der Waals surface area contributed by atoms with Gasteiger partial charge in [-0.05, 0) is 42.3 Å². The third kappa shape index (κ3) is 4.97. The van der Waals surface area contributed by atoms with Gasteiger partial charge in [-0.25, -0.2) is 5.01 Å². The Balaban J connectivity index is 1.58. The fourth-order valence-electron chi connectivity index (χ4n) is 3.11. The molecule has 0 saturated heterocycles. The maximum absolute atomic E-state index is 12.3. The van der Waals surface area contributed by atoms with Crippen LogP contribution in [0.2, 0.25) is 0 Å². The van der Waals surface area contributed by atoms with E-state index in [9.17, 15) is 9.59 Å². The summed E-state index contributed by atoms with van der Waals surface area (Å²) in [6.07, 6.45) is 1.20. The Labute approximate surface area is 165 Å². The molecule has 2 amide bonds. The summed E-state index contributed by atoms with van der Waals surface area (Å²) in [5, 5.41) is 8.86. The molecule has 1 aliphatic heterocycles. The number of carbonyl (C=O) groups is 2. The molecule has 0 saturated carbocycles.